The van der Waals surface area contributed by atoms with E-state index in [1.165, 1.54) is 38.8 Å². The molecule has 0 aromatic carbocycles. The molecular formula is C10H18N2. The average Bonchev–Trinajstić information content (AvgIpc) is 2.79. The number of hydrogen-bond acceptors (Lipinski definition) is 2. The first-order valence-electron chi connectivity index (χ1n) is 5.28. The number of fused-ring (bicyclic) bond motifs is 1. The van der Waals surface area contributed by atoms with Gasteiger partial charge < -0.3 is 11.1 Å². The van der Waals surface area contributed by atoms with Gasteiger partial charge in [-0.2, -0.15) is 0 Å². The van der Waals surface area contributed by atoms with E-state index >= 15 is 0 Å². The van der Waals surface area contributed by atoms with Crippen molar-refractivity contribution in [2.75, 3.05) is 13.1 Å². The van der Waals surface area contributed by atoms with Crippen molar-refractivity contribution in [2.24, 2.45) is 23.0 Å². The van der Waals surface area contributed by atoms with Crippen LogP contribution in [0.2, 0.25) is 0 Å². The fourth-order valence-corrected chi connectivity index (χ4v) is 3.52. The van der Waals surface area contributed by atoms with Crippen LogP contribution in [-0.4, -0.2) is 19.1 Å². The molecule has 0 bridgehead atoms. The molecule has 68 valence electrons. The topological polar surface area (TPSA) is 38.0 Å². The summed E-state index contributed by atoms with van der Waals surface area (Å²) in [6.07, 6.45) is 5.55. The number of rotatable bonds is 0. The zero-order valence-electron chi connectivity index (χ0n) is 7.55. The normalized spacial score (nSPS) is 49.2. The highest BCUT2D eigenvalue weighted by atomic mass is 14.9. The highest BCUT2D eigenvalue weighted by Crippen LogP contribution is 2.61. The summed E-state index contributed by atoms with van der Waals surface area (Å²) in [6.45, 7) is 2.40. The average molecular weight is 166 g/mol. The second-order valence-corrected chi connectivity index (χ2v) is 5.00. The van der Waals surface area contributed by atoms with E-state index in [0.29, 0.717) is 11.5 Å². The number of piperidine rings is 1. The molecular weight excluding hydrogens is 148 g/mol. The van der Waals surface area contributed by atoms with Gasteiger partial charge in [-0.3, -0.25) is 0 Å². The molecule has 0 radical (unpaired) electrons. The van der Waals surface area contributed by atoms with Gasteiger partial charge in [-0.1, -0.05) is 0 Å². The van der Waals surface area contributed by atoms with Gasteiger partial charge in [-0.25, -0.2) is 0 Å². The predicted octanol–water partition coefficient (Wildman–Crippen LogP) is 0.723. The molecule has 3 fully saturated rings. The van der Waals surface area contributed by atoms with Crippen molar-refractivity contribution in [3.63, 3.8) is 0 Å². The standard InChI is InChI=1S/C10H18N2/c11-9-8-5-7(8)6-10(9)1-3-12-4-2-10/h7-9,12H,1-6,11H2/t7?,8?,9-/m1/s1. The van der Waals surface area contributed by atoms with Gasteiger partial charge in [-0.15, -0.1) is 0 Å². The molecule has 12 heavy (non-hydrogen) atoms. The molecule has 0 amide bonds. The van der Waals surface area contributed by atoms with E-state index in [2.05, 4.69) is 5.32 Å². The summed E-state index contributed by atoms with van der Waals surface area (Å²) < 4.78 is 0. The van der Waals surface area contributed by atoms with Gasteiger partial charge in [0.15, 0.2) is 0 Å². The molecule has 1 heterocycles. The van der Waals surface area contributed by atoms with Gasteiger partial charge >= 0.3 is 0 Å². The van der Waals surface area contributed by atoms with E-state index in [4.69, 9.17) is 5.73 Å². The Morgan fingerprint density at radius 3 is 2.58 bits per heavy atom. The quantitative estimate of drug-likeness (QED) is 0.556. The summed E-state index contributed by atoms with van der Waals surface area (Å²) in [5.74, 6) is 1.95. The molecule has 0 aromatic heterocycles. The van der Waals surface area contributed by atoms with Crippen molar-refractivity contribution in [3.05, 3.63) is 0 Å². The Labute approximate surface area is 73.9 Å². The van der Waals surface area contributed by atoms with E-state index in [-0.39, 0.29) is 0 Å². The third kappa shape index (κ3) is 0.826. The Balaban J connectivity index is 1.81. The Bertz CT molecular complexity index is 196. The minimum Gasteiger partial charge on any atom is -0.327 e. The highest BCUT2D eigenvalue weighted by Gasteiger charge is 2.59. The number of hydrogen-bond donors (Lipinski definition) is 2. The predicted molar refractivity (Wildman–Crippen MR) is 48.7 cm³/mol. The molecule has 1 spiro atoms. The molecule has 3 N–H and O–H groups in total. The summed E-state index contributed by atoms with van der Waals surface area (Å²) in [4.78, 5) is 0. The second kappa shape index (κ2) is 2.24. The molecule has 1 aliphatic heterocycles. The summed E-state index contributed by atoms with van der Waals surface area (Å²) >= 11 is 0. The number of nitrogens with one attached hydrogen (secondary N) is 1. The molecule has 3 atom stereocenters. The summed E-state index contributed by atoms with van der Waals surface area (Å²) in [6, 6.07) is 0.546. The van der Waals surface area contributed by atoms with E-state index in [1.807, 2.05) is 0 Å². The molecule has 3 aliphatic rings. The first kappa shape index (κ1) is 7.34. The van der Waals surface area contributed by atoms with Crippen molar-refractivity contribution in [1.82, 2.24) is 5.32 Å². The van der Waals surface area contributed by atoms with Crippen LogP contribution in [0.3, 0.4) is 0 Å². The zero-order chi connectivity index (χ0) is 8.18. The van der Waals surface area contributed by atoms with E-state index in [0.717, 1.165) is 11.8 Å². The maximum absolute atomic E-state index is 6.30. The molecule has 2 nitrogen and oxygen atoms in total. The third-order valence-corrected chi connectivity index (χ3v) is 4.41. The van der Waals surface area contributed by atoms with Crippen LogP contribution in [0.4, 0.5) is 0 Å². The first-order valence-corrected chi connectivity index (χ1v) is 5.28. The van der Waals surface area contributed by atoms with Crippen LogP contribution in [0, 0.1) is 17.3 Å². The summed E-state index contributed by atoms with van der Waals surface area (Å²) in [5.41, 5.74) is 6.87. The lowest BCUT2D eigenvalue weighted by Gasteiger charge is -2.39. The van der Waals surface area contributed by atoms with Gasteiger partial charge in [0, 0.05) is 6.04 Å². The SMILES string of the molecule is N[C@@H]1C2CC2CC12CCNCC2. The van der Waals surface area contributed by atoms with Gasteiger partial charge in [0.05, 0.1) is 0 Å². The zero-order valence-corrected chi connectivity index (χ0v) is 7.55. The molecule has 2 unspecified atom stereocenters. The lowest BCUT2D eigenvalue weighted by atomic mass is 9.72. The smallest absolute Gasteiger partial charge is 0.0128 e. The Hall–Kier alpha value is -0.0800. The Morgan fingerprint density at radius 1 is 1.25 bits per heavy atom. The monoisotopic (exact) mass is 166 g/mol. The first-order chi connectivity index (χ1) is 5.82. The van der Waals surface area contributed by atoms with Crippen molar-refractivity contribution in [2.45, 2.75) is 31.7 Å². The second-order valence-electron chi connectivity index (χ2n) is 5.00. The van der Waals surface area contributed by atoms with Gasteiger partial charge in [0.1, 0.15) is 0 Å². The molecule has 3 rings (SSSR count). The molecule has 2 aliphatic carbocycles. The van der Waals surface area contributed by atoms with Gasteiger partial charge in [0.25, 0.3) is 0 Å². The maximum Gasteiger partial charge on any atom is 0.0128 e. The number of nitrogens with two attached hydrogens (primary N) is 1. The van der Waals surface area contributed by atoms with Crippen molar-refractivity contribution < 1.29 is 0 Å². The maximum atomic E-state index is 6.30. The van der Waals surface area contributed by atoms with E-state index in [9.17, 15) is 0 Å². The van der Waals surface area contributed by atoms with Crippen LogP contribution in [0.5, 0.6) is 0 Å². The largest absolute Gasteiger partial charge is 0.327 e. The highest BCUT2D eigenvalue weighted by molar-refractivity contribution is 5.12. The van der Waals surface area contributed by atoms with Crippen LogP contribution >= 0.6 is 0 Å². The summed E-state index contributed by atoms with van der Waals surface area (Å²) in [5, 5.41) is 3.43. The van der Waals surface area contributed by atoms with Gasteiger partial charge in [-0.05, 0) is 56.0 Å². The molecule has 2 saturated carbocycles. The minimum absolute atomic E-state index is 0.546. The van der Waals surface area contributed by atoms with E-state index < -0.39 is 0 Å². The minimum atomic E-state index is 0.546. The van der Waals surface area contributed by atoms with Crippen molar-refractivity contribution in [3.8, 4) is 0 Å². The molecule has 2 heteroatoms. The van der Waals surface area contributed by atoms with Crippen LogP contribution < -0.4 is 11.1 Å². The lowest BCUT2D eigenvalue weighted by molar-refractivity contribution is 0.160. The van der Waals surface area contributed by atoms with E-state index in [1.54, 1.807) is 0 Å². The van der Waals surface area contributed by atoms with Crippen LogP contribution in [0.25, 0.3) is 0 Å². The lowest BCUT2D eigenvalue weighted by Crippen LogP contribution is -2.47. The summed E-state index contributed by atoms with van der Waals surface area (Å²) in [7, 11) is 0. The third-order valence-electron chi connectivity index (χ3n) is 4.41. The van der Waals surface area contributed by atoms with Crippen molar-refractivity contribution >= 4 is 0 Å². The molecule has 1 saturated heterocycles. The Morgan fingerprint density at radius 2 is 2.00 bits per heavy atom. The van der Waals surface area contributed by atoms with Crippen LogP contribution in [0.15, 0.2) is 0 Å². The fraction of sp³-hybridized carbons (Fsp3) is 1.00. The Kier molecular flexibility index (Phi) is 1.37. The fourth-order valence-electron chi connectivity index (χ4n) is 3.52. The molecule has 0 aromatic rings. The van der Waals surface area contributed by atoms with Crippen LogP contribution in [0.1, 0.15) is 25.7 Å². The van der Waals surface area contributed by atoms with Crippen LogP contribution in [-0.2, 0) is 0 Å². The van der Waals surface area contributed by atoms with Crippen molar-refractivity contribution in [1.29, 1.82) is 0 Å². The van der Waals surface area contributed by atoms with Gasteiger partial charge in [0.2, 0.25) is 0 Å².